The van der Waals surface area contributed by atoms with Gasteiger partial charge >= 0.3 is 0 Å². The van der Waals surface area contributed by atoms with Crippen molar-refractivity contribution in [2.24, 2.45) is 5.41 Å². The predicted octanol–water partition coefficient (Wildman–Crippen LogP) is 4.52. The monoisotopic (exact) mass is 300 g/mol. The summed E-state index contributed by atoms with van der Waals surface area (Å²) in [5.41, 5.74) is 2.64. The Hall–Kier alpha value is -1.19. The molecule has 0 unspecified atom stereocenters. The fourth-order valence-electron chi connectivity index (χ4n) is 2.53. The Morgan fingerprint density at radius 3 is 2.71 bits per heavy atom. The molecule has 0 bridgehead atoms. The molecule has 0 amide bonds. The van der Waals surface area contributed by atoms with Gasteiger partial charge in [0.15, 0.2) is 0 Å². The minimum absolute atomic E-state index is 0.313. The molecule has 1 aromatic carbocycles. The second kappa shape index (κ2) is 6.29. The summed E-state index contributed by atoms with van der Waals surface area (Å²) in [6.45, 7) is 5.84. The standard InChI is InChI=1S/C18H24N2S/c1-18(2,10-11-19-15-8-9-15)12-17-20-16(13-21-17)14-6-4-3-5-7-14/h3-7,13,15,19H,8-12H2,1-2H3. The van der Waals surface area contributed by atoms with Gasteiger partial charge in [0.2, 0.25) is 0 Å². The van der Waals surface area contributed by atoms with Gasteiger partial charge in [-0.15, -0.1) is 11.3 Å². The van der Waals surface area contributed by atoms with E-state index in [4.69, 9.17) is 4.98 Å². The molecule has 3 heteroatoms. The topological polar surface area (TPSA) is 24.9 Å². The van der Waals surface area contributed by atoms with Crippen LogP contribution in [0.25, 0.3) is 11.3 Å². The van der Waals surface area contributed by atoms with E-state index >= 15 is 0 Å². The van der Waals surface area contributed by atoms with E-state index in [-0.39, 0.29) is 0 Å². The van der Waals surface area contributed by atoms with Crippen LogP contribution in [0.4, 0.5) is 0 Å². The molecule has 0 aliphatic heterocycles. The molecule has 112 valence electrons. The lowest BCUT2D eigenvalue weighted by Crippen LogP contribution is -2.25. The highest BCUT2D eigenvalue weighted by Crippen LogP contribution is 2.30. The number of benzene rings is 1. The molecule has 1 fully saturated rings. The summed E-state index contributed by atoms with van der Waals surface area (Å²) < 4.78 is 0. The van der Waals surface area contributed by atoms with Gasteiger partial charge < -0.3 is 5.32 Å². The van der Waals surface area contributed by atoms with E-state index in [9.17, 15) is 0 Å². The molecule has 1 heterocycles. The fourth-order valence-corrected chi connectivity index (χ4v) is 3.60. The Balaban J connectivity index is 1.57. The van der Waals surface area contributed by atoms with Crippen molar-refractivity contribution < 1.29 is 0 Å². The number of rotatable bonds is 7. The van der Waals surface area contributed by atoms with Crippen LogP contribution in [-0.2, 0) is 6.42 Å². The SMILES string of the molecule is CC(C)(CCNC1CC1)Cc1nc(-c2ccccc2)cs1. The van der Waals surface area contributed by atoms with Crippen molar-refractivity contribution in [1.29, 1.82) is 0 Å². The van der Waals surface area contributed by atoms with Crippen LogP contribution < -0.4 is 5.32 Å². The lowest BCUT2D eigenvalue weighted by atomic mass is 9.86. The van der Waals surface area contributed by atoms with Gasteiger partial charge in [0.25, 0.3) is 0 Å². The third kappa shape index (κ3) is 4.39. The highest BCUT2D eigenvalue weighted by Gasteiger charge is 2.24. The van der Waals surface area contributed by atoms with Crippen LogP contribution in [0.5, 0.6) is 0 Å². The zero-order chi connectivity index (χ0) is 14.7. The van der Waals surface area contributed by atoms with Crippen molar-refractivity contribution in [3.05, 3.63) is 40.7 Å². The summed E-state index contributed by atoms with van der Waals surface area (Å²) in [6.07, 6.45) is 5.02. The van der Waals surface area contributed by atoms with Crippen molar-refractivity contribution in [1.82, 2.24) is 10.3 Å². The lowest BCUT2D eigenvalue weighted by Gasteiger charge is -2.23. The summed E-state index contributed by atoms with van der Waals surface area (Å²) in [7, 11) is 0. The molecule has 0 radical (unpaired) electrons. The predicted molar refractivity (Wildman–Crippen MR) is 90.7 cm³/mol. The van der Waals surface area contributed by atoms with Crippen LogP contribution >= 0.6 is 11.3 Å². The van der Waals surface area contributed by atoms with Gasteiger partial charge in [0.1, 0.15) is 0 Å². The van der Waals surface area contributed by atoms with Crippen LogP contribution in [0.15, 0.2) is 35.7 Å². The number of nitrogens with zero attached hydrogens (tertiary/aromatic N) is 1. The van der Waals surface area contributed by atoms with Crippen LogP contribution in [0.3, 0.4) is 0 Å². The molecule has 2 aromatic rings. The Labute approximate surface area is 131 Å². The van der Waals surface area contributed by atoms with Gasteiger partial charge in [-0.1, -0.05) is 44.2 Å². The fraction of sp³-hybridized carbons (Fsp3) is 0.500. The van der Waals surface area contributed by atoms with Crippen molar-refractivity contribution in [3.8, 4) is 11.3 Å². The molecule has 2 nitrogen and oxygen atoms in total. The number of hydrogen-bond donors (Lipinski definition) is 1. The largest absolute Gasteiger partial charge is 0.314 e. The highest BCUT2D eigenvalue weighted by molar-refractivity contribution is 7.09. The van der Waals surface area contributed by atoms with Crippen molar-refractivity contribution in [2.45, 2.75) is 45.6 Å². The minimum atomic E-state index is 0.313. The normalized spacial score (nSPS) is 15.3. The maximum Gasteiger partial charge on any atom is 0.0937 e. The van der Waals surface area contributed by atoms with Gasteiger partial charge in [0.05, 0.1) is 10.7 Å². The van der Waals surface area contributed by atoms with E-state index in [1.165, 1.54) is 29.8 Å². The van der Waals surface area contributed by atoms with Gasteiger partial charge in [0, 0.05) is 23.4 Å². The molecular formula is C18H24N2S. The van der Waals surface area contributed by atoms with E-state index in [2.05, 4.69) is 48.8 Å². The summed E-state index contributed by atoms with van der Waals surface area (Å²) in [6, 6.07) is 11.3. The quantitative estimate of drug-likeness (QED) is 0.813. The lowest BCUT2D eigenvalue weighted by molar-refractivity contribution is 0.324. The van der Waals surface area contributed by atoms with E-state index in [0.29, 0.717) is 5.41 Å². The van der Waals surface area contributed by atoms with Crippen molar-refractivity contribution >= 4 is 11.3 Å². The second-order valence-electron chi connectivity index (χ2n) is 6.81. The molecule has 21 heavy (non-hydrogen) atoms. The first-order valence-electron chi connectivity index (χ1n) is 7.86. The average molecular weight is 300 g/mol. The first kappa shape index (κ1) is 14.7. The molecular weight excluding hydrogens is 276 g/mol. The van der Waals surface area contributed by atoms with Gasteiger partial charge in [-0.25, -0.2) is 4.98 Å². The molecule has 1 aliphatic rings. The Kier molecular flexibility index (Phi) is 4.41. The van der Waals surface area contributed by atoms with E-state index < -0.39 is 0 Å². The van der Waals surface area contributed by atoms with E-state index in [0.717, 1.165) is 24.7 Å². The van der Waals surface area contributed by atoms with Crippen LogP contribution in [0.2, 0.25) is 0 Å². The van der Waals surface area contributed by atoms with Gasteiger partial charge in [-0.05, 0) is 31.2 Å². The Morgan fingerprint density at radius 2 is 2.00 bits per heavy atom. The third-order valence-corrected chi connectivity index (χ3v) is 4.91. The molecule has 0 spiro atoms. The number of aromatic nitrogens is 1. The van der Waals surface area contributed by atoms with E-state index in [1.807, 2.05) is 6.07 Å². The summed E-state index contributed by atoms with van der Waals surface area (Å²) in [5.74, 6) is 0. The molecule has 1 N–H and O–H groups in total. The highest BCUT2D eigenvalue weighted by atomic mass is 32.1. The smallest absolute Gasteiger partial charge is 0.0937 e. The maximum absolute atomic E-state index is 4.82. The van der Waals surface area contributed by atoms with E-state index in [1.54, 1.807) is 11.3 Å². The van der Waals surface area contributed by atoms with Gasteiger partial charge in [-0.2, -0.15) is 0 Å². The number of nitrogens with one attached hydrogen (secondary N) is 1. The third-order valence-electron chi connectivity index (χ3n) is 4.06. The van der Waals surface area contributed by atoms with Crippen LogP contribution in [0, 0.1) is 5.41 Å². The first-order chi connectivity index (χ1) is 10.1. The van der Waals surface area contributed by atoms with Crippen LogP contribution in [0.1, 0.15) is 38.1 Å². The molecule has 0 saturated heterocycles. The van der Waals surface area contributed by atoms with Crippen molar-refractivity contribution in [2.75, 3.05) is 6.54 Å². The zero-order valence-corrected chi connectivity index (χ0v) is 13.7. The molecule has 1 aliphatic carbocycles. The molecule has 1 saturated carbocycles. The number of hydrogen-bond acceptors (Lipinski definition) is 3. The summed E-state index contributed by atoms with van der Waals surface area (Å²) in [5, 5.41) is 7.05. The molecule has 0 atom stereocenters. The minimum Gasteiger partial charge on any atom is -0.314 e. The average Bonchev–Trinajstić information content (AvgIpc) is 3.17. The summed E-state index contributed by atoms with van der Waals surface area (Å²) in [4.78, 5) is 4.82. The van der Waals surface area contributed by atoms with Crippen LogP contribution in [-0.4, -0.2) is 17.6 Å². The maximum atomic E-state index is 4.82. The first-order valence-corrected chi connectivity index (χ1v) is 8.74. The van der Waals surface area contributed by atoms with Gasteiger partial charge in [-0.3, -0.25) is 0 Å². The molecule has 3 rings (SSSR count). The van der Waals surface area contributed by atoms with Crippen molar-refractivity contribution in [3.63, 3.8) is 0 Å². The zero-order valence-electron chi connectivity index (χ0n) is 12.9. The second-order valence-corrected chi connectivity index (χ2v) is 7.75. The molecule has 1 aromatic heterocycles. The Morgan fingerprint density at radius 1 is 1.24 bits per heavy atom. The summed E-state index contributed by atoms with van der Waals surface area (Å²) >= 11 is 1.79. The Bertz CT molecular complexity index is 570. The number of thiazole rings is 1.